The lowest BCUT2D eigenvalue weighted by atomic mass is 10.1. The molecule has 0 spiro atoms. The Morgan fingerprint density at radius 2 is 1.71 bits per heavy atom. The van der Waals surface area contributed by atoms with Crippen LogP contribution in [-0.4, -0.2) is 42.3 Å². The zero-order valence-electron chi connectivity index (χ0n) is 22.3. The van der Waals surface area contributed by atoms with Gasteiger partial charge in [0.15, 0.2) is 0 Å². The molecule has 38 heavy (non-hydrogen) atoms. The Kier molecular flexibility index (Phi) is 14.3. The number of unbranched alkanes of at least 4 members (excludes halogenated alkanes) is 2. The summed E-state index contributed by atoms with van der Waals surface area (Å²) in [4.78, 5) is 23.6. The topological polar surface area (TPSA) is 165 Å². The number of aryl methyl sites for hydroxylation is 1. The third kappa shape index (κ3) is 10.3. The van der Waals surface area contributed by atoms with Gasteiger partial charge in [0, 0.05) is 37.9 Å². The summed E-state index contributed by atoms with van der Waals surface area (Å²) in [6, 6.07) is 11.4. The van der Waals surface area contributed by atoms with Gasteiger partial charge in [-0.25, -0.2) is 0 Å². The number of esters is 1. The number of aliphatic hydroxyl groups excluding tert-OH is 1. The predicted molar refractivity (Wildman–Crippen MR) is 144 cm³/mol. The fourth-order valence-electron chi connectivity index (χ4n) is 3.23. The van der Waals surface area contributed by atoms with Crippen molar-refractivity contribution in [1.29, 1.82) is 10.5 Å². The Morgan fingerprint density at radius 1 is 1.08 bits per heavy atom. The molecule has 11 heteroatoms. The molecule has 2 aromatic rings. The molecule has 0 saturated heterocycles. The summed E-state index contributed by atoms with van der Waals surface area (Å²) in [7, 11) is 0. The normalized spacial score (nSPS) is 10.2. The minimum absolute atomic E-state index is 0.0139. The number of hydrogen-bond donors (Lipinski definition) is 1. The Morgan fingerprint density at radius 3 is 2.16 bits per heavy atom. The number of aliphatic hydroxyl groups is 1. The molecule has 0 aliphatic heterocycles. The molecule has 202 valence electrons. The summed E-state index contributed by atoms with van der Waals surface area (Å²) in [5.41, 5.74) is 1.70. The van der Waals surface area contributed by atoms with Gasteiger partial charge in [-0.05, 0) is 43.5 Å². The molecular weight excluding hydrogens is 488 g/mol. The molecule has 0 bridgehead atoms. The largest absolute Gasteiger partial charge is 0.464 e. The highest BCUT2D eigenvalue weighted by molar-refractivity contribution is 5.67. The monoisotopic (exact) mass is 522 g/mol. The summed E-state index contributed by atoms with van der Waals surface area (Å²) in [6.45, 7) is 9.37. The number of ether oxygens (including phenoxy) is 1. The highest BCUT2D eigenvalue weighted by Gasteiger charge is 2.17. The van der Waals surface area contributed by atoms with E-state index in [0.29, 0.717) is 18.8 Å². The summed E-state index contributed by atoms with van der Waals surface area (Å²) >= 11 is 0. The third-order valence-electron chi connectivity index (χ3n) is 5.31. The van der Waals surface area contributed by atoms with Gasteiger partial charge in [0.1, 0.15) is 24.4 Å². The first kappa shape index (κ1) is 31.7. The van der Waals surface area contributed by atoms with Crippen molar-refractivity contribution in [2.75, 3.05) is 31.2 Å². The van der Waals surface area contributed by atoms with E-state index in [2.05, 4.69) is 29.0 Å². The third-order valence-corrected chi connectivity index (χ3v) is 5.31. The lowest BCUT2D eigenvalue weighted by Gasteiger charge is -2.25. The molecule has 0 aromatic heterocycles. The van der Waals surface area contributed by atoms with Crippen LogP contribution in [0.5, 0.6) is 0 Å². The summed E-state index contributed by atoms with van der Waals surface area (Å²) in [5, 5.41) is 46.0. The molecule has 2 aromatic carbocycles. The molecule has 1 N–H and O–H groups in total. The second-order valence-electron chi connectivity index (χ2n) is 8.30. The molecule has 0 radical (unpaired) electrons. The van der Waals surface area contributed by atoms with Crippen LogP contribution in [0.25, 0.3) is 0 Å². The van der Waals surface area contributed by atoms with E-state index >= 15 is 0 Å². The standard InChI is InChI=1S/C23H24N6O4.C4H10O/c1-4-5-8-28(9-10-33-17(3)30)20-6-7-22(16(2)11-20)26-27-23-18(14-24)12-21(29(31)32)13-19(23)15-25;1-2-3-4-5/h6-7,11-13H,4-5,8-10H2,1-3H3;5H,2-4H2,1H3. The van der Waals surface area contributed by atoms with E-state index in [9.17, 15) is 25.4 Å². The number of benzene rings is 2. The van der Waals surface area contributed by atoms with Crippen LogP contribution in [-0.2, 0) is 9.53 Å². The molecule has 0 saturated carbocycles. The SMILES string of the molecule is CCCCN(CCOC(C)=O)c1ccc(N=Nc2c(C#N)cc([N+](=O)[O-])cc2C#N)c(C)c1.CCCCO. The Balaban J connectivity index is 0.00000132. The van der Waals surface area contributed by atoms with Crippen LogP contribution in [0, 0.1) is 39.7 Å². The maximum atomic E-state index is 11.1. The number of carbonyl (C=O) groups is 1. The van der Waals surface area contributed by atoms with E-state index in [4.69, 9.17) is 9.84 Å². The molecule has 0 aliphatic rings. The average Bonchev–Trinajstić information content (AvgIpc) is 2.90. The number of nitriles is 2. The predicted octanol–water partition coefficient (Wildman–Crippen LogP) is 6.01. The van der Waals surface area contributed by atoms with Crippen LogP contribution >= 0.6 is 0 Å². The molecule has 0 heterocycles. The van der Waals surface area contributed by atoms with Gasteiger partial charge < -0.3 is 14.7 Å². The number of hydrogen-bond acceptors (Lipinski definition) is 10. The van der Waals surface area contributed by atoms with Crippen molar-refractivity contribution in [2.45, 2.75) is 53.4 Å². The van der Waals surface area contributed by atoms with Crippen LogP contribution in [0.2, 0.25) is 0 Å². The molecule has 0 amide bonds. The molecule has 0 aliphatic carbocycles. The fraction of sp³-hybridized carbons (Fsp3) is 0.444. The van der Waals surface area contributed by atoms with Gasteiger partial charge in [0.05, 0.1) is 28.3 Å². The zero-order valence-corrected chi connectivity index (χ0v) is 22.3. The maximum absolute atomic E-state index is 11.1. The second kappa shape index (κ2) is 17.2. The van der Waals surface area contributed by atoms with E-state index in [1.807, 2.05) is 31.2 Å². The summed E-state index contributed by atoms with van der Waals surface area (Å²) in [6.07, 6.45) is 4.04. The molecule has 0 fully saturated rings. The van der Waals surface area contributed by atoms with Crippen LogP contribution in [0.15, 0.2) is 40.6 Å². The highest BCUT2D eigenvalue weighted by Crippen LogP contribution is 2.32. The molecular formula is C27H34N6O5. The van der Waals surface area contributed by atoms with E-state index in [1.165, 1.54) is 6.92 Å². The summed E-state index contributed by atoms with van der Waals surface area (Å²) < 4.78 is 5.07. The first-order valence-electron chi connectivity index (χ1n) is 12.4. The minimum Gasteiger partial charge on any atom is -0.464 e. The van der Waals surface area contributed by atoms with Gasteiger partial charge in [-0.1, -0.05) is 26.7 Å². The number of non-ortho nitro benzene ring substituents is 1. The van der Waals surface area contributed by atoms with Crippen LogP contribution in [0.3, 0.4) is 0 Å². The summed E-state index contributed by atoms with van der Waals surface area (Å²) in [5.74, 6) is -0.322. The van der Waals surface area contributed by atoms with Gasteiger partial charge in [-0.2, -0.15) is 15.6 Å². The van der Waals surface area contributed by atoms with Crippen molar-refractivity contribution in [3.63, 3.8) is 0 Å². The minimum atomic E-state index is -0.669. The van der Waals surface area contributed by atoms with Crippen LogP contribution in [0.4, 0.5) is 22.7 Å². The molecule has 2 rings (SSSR count). The van der Waals surface area contributed by atoms with Crippen LogP contribution < -0.4 is 4.90 Å². The van der Waals surface area contributed by atoms with Gasteiger partial charge in [-0.15, -0.1) is 5.11 Å². The average molecular weight is 523 g/mol. The molecule has 0 unspecified atom stereocenters. The van der Waals surface area contributed by atoms with Gasteiger partial charge >= 0.3 is 5.97 Å². The Labute approximate surface area is 223 Å². The number of azo groups is 1. The zero-order chi connectivity index (χ0) is 28.5. The van der Waals surface area contributed by atoms with Crippen molar-refractivity contribution >= 4 is 28.7 Å². The Hall–Kier alpha value is -4.35. The number of nitrogens with zero attached hydrogens (tertiary/aromatic N) is 6. The number of anilines is 1. The highest BCUT2D eigenvalue weighted by atomic mass is 16.6. The van der Waals surface area contributed by atoms with Gasteiger partial charge in [0.25, 0.3) is 5.69 Å². The number of carbonyl (C=O) groups excluding carboxylic acids is 1. The number of nitro benzene ring substituents is 1. The van der Waals surface area contributed by atoms with Crippen molar-refractivity contribution in [3.8, 4) is 12.1 Å². The van der Waals surface area contributed by atoms with Crippen molar-refractivity contribution in [2.24, 2.45) is 10.2 Å². The van der Waals surface area contributed by atoms with Crippen molar-refractivity contribution in [3.05, 3.63) is 57.1 Å². The first-order chi connectivity index (χ1) is 18.2. The maximum Gasteiger partial charge on any atom is 0.302 e. The fourth-order valence-corrected chi connectivity index (χ4v) is 3.23. The van der Waals surface area contributed by atoms with E-state index in [1.54, 1.807) is 6.07 Å². The smallest absolute Gasteiger partial charge is 0.302 e. The molecule has 0 atom stereocenters. The number of nitro groups is 1. The Bertz CT molecular complexity index is 1160. The second-order valence-corrected chi connectivity index (χ2v) is 8.30. The van der Waals surface area contributed by atoms with E-state index in [0.717, 1.165) is 55.6 Å². The lowest BCUT2D eigenvalue weighted by Crippen LogP contribution is -2.29. The van der Waals surface area contributed by atoms with E-state index < -0.39 is 4.92 Å². The lowest BCUT2D eigenvalue weighted by molar-refractivity contribution is -0.384. The van der Waals surface area contributed by atoms with Gasteiger partial charge in [0.2, 0.25) is 0 Å². The first-order valence-corrected chi connectivity index (χ1v) is 12.4. The molecule has 11 nitrogen and oxygen atoms in total. The van der Waals surface area contributed by atoms with Crippen LogP contribution in [0.1, 0.15) is 63.1 Å². The van der Waals surface area contributed by atoms with Crippen molar-refractivity contribution < 1.29 is 19.6 Å². The van der Waals surface area contributed by atoms with E-state index in [-0.39, 0.29) is 35.1 Å². The quantitative estimate of drug-likeness (QED) is 0.153. The number of rotatable bonds is 12. The van der Waals surface area contributed by atoms with Crippen molar-refractivity contribution in [1.82, 2.24) is 0 Å². The van der Waals surface area contributed by atoms with Gasteiger partial charge in [-0.3, -0.25) is 14.9 Å².